The van der Waals surface area contributed by atoms with Gasteiger partial charge >= 0.3 is 0 Å². The first-order valence-electron chi connectivity index (χ1n) is 7.80. The Kier molecular flexibility index (Phi) is 5.83. The number of benzene rings is 1. The van der Waals surface area contributed by atoms with E-state index in [1.165, 1.54) is 5.56 Å². The lowest BCUT2D eigenvalue weighted by molar-refractivity contribution is -0.137. The van der Waals surface area contributed by atoms with Crippen molar-refractivity contribution in [3.63, 3.8) is 0 Å². The van der Waals surface area contributed by atoms with Crippen molar-refractivity contribution in [1.82, 2.24) is 4.90 Å². The molecule has 1 heterocycles. The number of nitrogens with zero attached hydrogens (tertiary/aromatic N) is 1. The molecule has 0 radical (unpaired) electrons. The minimum atomic E-state index is -0.300. The highest BCUT2D eigenvalue weighted by molar-refractivity contribution is 6.30. The highest BCUT2D eigenvalue weighted by atomic mass is 35.5. The predicted molar refractivity (Wildman–Crippen MR) is 87.5 cm³/mol. The van der Waals surface area contributed by atoms with Gasteiger partial charge in [0.25, 0.3) is 0 Å². The maximum Gasteiger partial charge on any atom is 0.222 e. The molecule has 0 unspecified atom stereocenters. The SMILES string of the molecule is C[C@@H]1CC[C@H](C(N)=O)CN1C(=O)CCCc1ccc(Cl)cc1. The summed E-state index contributed by atoms with van der Waals surface area (Å²) in [5, 5.41) is 0.722. The van der Waals surface area contributed by atoms with Crippen LogP contribution in [0.25, 0.3) is 0 Å². The van der Waals surface area contributed by atoms with Gasteiger partial charge in [-0.15, -0.1) is 0 Å². The van der Waals surface area contributed by atoms with Crippen molar-refractivity contribution >= 4 is 23.4 Å². The molecular formula is C17H23ClN2O2. The summed E-state index contributed by atoms with van der Waals surface area (Å²) in [5.41, 5.74) is 6.56. The molecular weight excluding hydrogens is 300 g/mol. The number of hydrogen-bond acceptors (Lipinski definition) is 2. The van der Waals surface area contributed by atoms with Gasteiger partial charge in [-0.2, -0.15) is 0 Å². The molecule has 1 aromatic rings. The van der Waals surface area contributed by atoms with Crippen LogP contribution in [0.1, 0.15) is 38.2 Å². The summed E-state index contributed by atoms with van der Waals surface area (Å²) in [6, 6.07) is 7.89. The lowest BCUT2D eigenvalue weighted by Crippen LogP contribution is -2.48. The zero-order chi connectivity index (χ0) is 16.1. The van der Waals surface area contributed by atoms with Gasteiger partial charge in [0.1, 0.15) is 0 Å². The summed E-state index contributed by atoms with van der Waals surface area (Å²) >= 11 is 5.85. The van der Waals surface area contributed by atoms with E-state index in [4.69, 9.17) is 17.3 Å². The van der Waals surface area contributed by atoms with Crippen molar-refractivity contribution in [1.29, 1.82) is 0 Å². The summed E-state index contributed by atoms with van der Waals surface area (Å²) in [6.07, 6.45) is 3.77. The van der Waals surface area contributed by atoms with Crippen molar-refractivity contribution in [2.24, 2.45) is 11.7 Å². The third-order valence-corrected chi connectivity index (χ3v) is 4.63. The van der Waals surface area contributed by atoms with Crippen molar-refractivity contribution in [3.8, 4) is 0 Å². The van der Waals surface area contributed by atoms with E-state index in [0.29, 0.717) is 13.0 Å². The summed E-state index contributed by atoms with van der Waals surface area (Å²) in [7, 11) is 0. The van der Waals surface area contributed by atoms with Crippen molar-refractivity contribution < 1.29 is 9.59 Å². The Hall–Kier alpha value is -1.55. The molecule has 2 N–H and O–H groups in total. The van der Waals surface area contributed by atoms with E-state index >= 15 is 0 Å². The van der Waals surface area contributed by atoms with Crippen LogP contribution in [0.3, 0.4) is 0 Å². The van der Waals surface area contributed by atoms with E-state index in [1.807, 2.05) is 36.1 Å². The number of halogens is 1. The van der Waals surface area contributed by atoms with Crippen LogP contribution in [0.4, 0.5) is 0 Å². The quantitative estimate of drug-likeness (QED) is 0.906. The van der Waals surface area contributed by atoms with E-state index in [1.54, 1.807) is 0 Å². The number of aryl methyl sites for hydroxylation is 1. The standard InChI is InChI=1S/C17H23ClN2O2/c1-12-5-8-14(17(19)22)11-20(12)16(21)4-2-3-13-6-9-15(18)10-7-13/h6-7,9-10,12,14H,2-5,8,11H2,1H3,(H2,19,22)/t12-,14+/m1/s1. The van der Waals surface area contributed by atoms with Crippen LogP contribution < -0.4 is 5.73 Å². The van der Waals surface area contributed by atoms with Gasteiger partial charge in [-0.1, -0.05) is 23.7 Å². The first-order chi connectivity index (χ1) is 10.5. The molecule has 2 amide bonds. The molecule has 0 saturated carbocycles. The Morgan fingerprint density at radius 2 is 1.95 bits per heavy atom. The maximum atomic E-state index is 12.4. The minimum absolute atomic E-state index is 0.118. The Morgan fingerprint density at radius 1 is 1.27 bits per heavy atom. The van der Waals surface area contributed by atoms with Gasteiger partial charge < -0.3 is 10.6 Å². The lowest BCUT2D eigenvalue weighted by Gasteiger charge is -2.37. The molecule has 1 aliphatic rings. The van der Waals surface area contributed by atoms with Crippen LogP contribution in [0.15, 0.2) is 24.3 Å². The number of rotatable bonds is 5. The van der Waals surface area contributed by atoms with Crippen molar-refractivity contribution in [2.75, 3.05) is 6.54 Å². The molecule has 4 nitrogen and oxygen atoms in total. The summed E-state index contributed by atoms with van der Waals surface area (Å²) in [6.45, 7) is 2.50. The van der Waals surface area contributed by atoms with E-state index in [2.05, 4.69) is 0 Å². The minimum Gasteiger partial charge on any atom is -0.369 e. The van der Waals surface area contributed by atoms with Crippen LogP contribution in [-0.4, -0.2) is 29.3 Å². The van der Waals surface area contributed by atoms with E-state index in [0.717, 1.165) is 30.7 Å². The number of hydrogen-bond donors (Lipinski definition) is 1. The van der Waals surface area contributed by atoms with Gasteiger partial charge in [0, 0.05) is 24.0 Å². The summed E-state index contributed by atoms with van der Waals surface area (Å²) < 4.78 is 0. The molecule has 2 rings (SSSR count). The van der Waals surface area contributed by atoms with Crippen LogP contribution in [0.2, 0.25) is 5.02 Å². The molecule has 1 aromatic carbocycles. The number of amides is 2. The number of carbonyl (C=O) groups is 2. The molecule has 0 aliphatic carbocycles. The molecule has 1 aliphatic heterocycles. The van der Waals surface area contributed by atoms with Gasteiger partial charge in [0.2, 0.25) is 11.8 Å². The largest absolute Gasteiger partial charge is 0.369 e. The second-order valence-corrected chi connectivity index (χ2v) is 6.49. The first-order valence-corrected chi connectivity index (χ1v) is 8.18. The number of nitrogens with two attached hydrogens (primary N) is 1. The fourth-order valence-corrected chi connectivity index (χ4v) is 3.05. The van der Waals surface area contributed by atoms with Crippen LogP contribution in [-0.2, 0) is 16.0 Å². The van der Waals surface area contributed by atoms with E-state index in [-0.39, 0.29) is 23.8 Å². The third kappa shape index (κ3) is 4.47. The highest BCUT2D eigenvalue weighted by Crippen LogP contribution is 2.23. The second kappa shape index (κ2) is 7.63. The zero-order valence-electron chi connectivity index (χ0n) is 12.9. The Labute approximate surface area is 136 Å². The van der Waals surface area contributed by atoms with Crippen molar-refractivity contribution in [2.45, 2.75) is 45.1 Å². The molecule has 5 heteroatoms. The molecule has 1 saturated heterocycles. The summed E-state index contributed by atoms with van der Waals surface area (Å²) in [5.74, 6) is -0.380. The number of carbonyl (C=O) groups excluding carboxylic acids is 2. The smallest absolute Gasteiger partial charge is 0.222 e. The molecule has 0 spiro atoms. The highest BCUT2D eigenvalue weighted by Gasteiger charge is 2.31. The number of likely N-dealkylation sites (tertiary alicyclic amines) is 1. The average Bonchev–Trinajstić information content (AvgIpc) is 2.49. The topological polar surface area (TPSA) is 63.4 Å². The van der Waals surface area contributed by atoms with Gasteiger partial charge in [0.05, 0.1) is 5.92 Å². The molecule has 0 aromatic heterocycles. The van der Waals surface area contributed by atoms with Gasteiger partial charge in [-0.25, -0.2) is 0 Å². The molecule has 1 fully saturated rings. The lowest BCUT2D eigenvalue weighted by atomic mass is 9.92. The van der Waals surface area contributed by atoms with E-state index in [9.17, 15) is 9.59 Å². The van der Waals surface area contributed by atoms with Crippen LogP contribution in [0.5, 0.6) is 0 Å². The normalized spacial score (nSPS) is 21.6. The fourth-order valence-electron chi connectivity index (χ4n) is 2.93. The maximum absolute atomic E-state index is 12.4. The van der Waals surface area contributed by atoms with Gasteiger partial charge in [-0.05, 0) is 50.3 Å². The Balaban J connectivity index is 1.82. The third-order valence-electron chi connectivity index (χ3n) is 4.37. The molecule has 2 atom stereocenters. The second-order valence-electron chi connectivity index (χ2n) is 6.05. The first kappa shape index (κ1) is 16.8. The van der Waals surface area contributed by atoms with Crippen LogP contribution in [0, 0.1) is 5.92 Å². The Morgan fingerprint density at radius 3 is 2.59 bits per heavy atom. The van der Waals surface area contributed by atoms with Gasteiger partial charge in [-0.3, -0.25) is 9.59 Å². The summed E-state index contributed by atoms with van der Waals surface area (Å²) in [4.78, 5) is 25.5. The van der Waals surface area contributed by atoms with Gasteiger partial charge in [0.15, 0.2) is 0 Å². The van der Waals surface area contributed by atoms with E-state index < -0.39 is 0 Å². The zero-order valence-corrected chi connectivity index (χ0v) is 13.7. The number of piperidine rings is 1. The number of primary amides is 1. The molecule has 0 bridgehead atoms. The predicted octanol–water partition coefficient (Wildman–Crippen LogP) is 2.78. The molecule has 120 valence electrons. The average molecular weight is 323 g/mol. The van der Waals surface area contributed by atoms with Crippen LogP contribution >= 0.6 is 11.6 Å². The molecule has 22 heavy (non-hydrogen) atoms. The Bertz CT molecular complexity index is 530. The monoisotopic (exact) mass is 322 g/mol. The van der Waals surface area contributed by atoms with Crippen molar-refractivity contribution in [3.05, 3.63) is 34.9 Å². The fraction of sp³-hybridized carbons (Fsp3) is 0.529.